The Morgan fingerprint density at radius 3 is 1.71 bits per heavy atom. The van der Waals surface area contributed by atoms with Crippen LogP contribution in [0.1, 0.15) is 6.42 Å². The van der Waals surface area contributed by atoms with E-state index in [4.69, 9.17) is 23.1 Å². The first-order valence-corrected chi connectivity index (χ1v) is 10.3. The minimum Gasteiger partial charge on any atom is -0.469 e. The van der Waals surface area contributed by atoms with E-state index in [0.717, 1.165) is 0 Å². The lowest BCUT2D eigenvalue weighted by atomic mass is 10.4. The Hall–Kier alpha value is -1.56. The highest BCUT2D eigenvalue weighted by Gasteiger charge is 2.13. The van der Waals surface area contributed by atoms with Gasteiger partial charge in [0.05, 0.1) is 77.9 Å². The van der Waals surface area contributed by atoms with Crippen LogP contribution in [0.2, 0.25) is 0 Å². The van der Waals surface area contributed by atoms with Crippen LogP contribution in [0.25, 0.3) is 0 Å². The molecule has 1 aromatic carbocycles. The fourth-order valence-electron chi connectivity index (χ4n) is 1.88. The summed E-state index contributed by atoms with van der Waals surface area (Å²) in [7, 11) is -2.41. The van der Waals surface area contributed by atoms with Gasteiger partial charge >= 0.3 is 5.97 Å². The molecule has 0 saturated heterocycles. The van der Waals surface area contributed by atoms with E-state index in [0.29, 0.717) is 46.2 Å². The number of methoxy groups -OCH3 is 1. The molecule has 28 heavy (non-hydrogen) atoms. The molecule has 1 rings (SSSR count). The molecular weight excluding hydrogens is 392 g/mol. The second kappa shape index (κ2) is 15.4. The maximum Gasteiger partial charge on any atom is 0.307 e. The minimum atomic E-state index is -3.74. The van der Waals surface area contributed by atoms with Crippen molar-refractivity contribution in [2.45, 2.75) is 11.3 Å². The number of rotatable bonds is 17. The van der Waals surface area contributed by atoms with Crippen molar-refractivity contribution in [1.82, 2.24) is 0 Å². The van der Waals surface area contributed by atoms with Gasteiger partial charge in [0.2, 0.25) is 0 Å². The molecule has 0 bridgehead atoms. The molecule has 0 radical (unpaired) electrons. The van der Waals surface area contributed by atoms with E-state index in [1.165, 1.54) is 19.2 Å². The van der Waals surface area contributed by atoms with Crippen molar-refractivity contribution in [1.29, 1.82) is 0 Å². The number of benzene rings is 1. The van der Waals surface area contributed by atoms with Crippen LogP contribution in [-0.2, 0) is 42.8 Å². The second-order valence-electron chi connectivity index (χ2n) is 5.36. The van der Waals surface area contributed by atoms with Crippen molar-refractivity contribution < 1.29 is 41.1 Å². The first-order chi connectivity index (χ1) is 13.6. The molecule has 0 fully saturated rings. The lowest BCUT2D eigenvalue weighted by Crippen LogP contribution is -2.15. The molecule has 0 aliphatic carbocycles. The number of ether oxygens (including phenoxy) is 5. The van der Waals surface area contributed by atoms with E-state index in [1.54, 1.807) is 18.2 Å². The van der Waals surface area contributed by atoms with Gasteiger partial charge in [-0.15, -0.1) is 0 Å². The molecule has 0 N–H and O–H groups in total. The van der Waals surface area contributed by atoms with Crippen molar-refractivity contribution in [3.63, 3.8) is 0 Å². The fraction of sp³-hybridized carbons (Fsp3) is 0.611. The van der Waals surface area contributed by atoms with Gasteiger partial charge in [-0.3, -0.25) is 8.98 Å². The van der Waals surface area contributed by atoms with Gasteiger partial charge in [0.15, 0.2) is 0 Å². The SMILES string of the molecule is COC(=O)CCOCCOCCOCCOCCOS(=O)(=O)c1ccccc1. The van der Waals surface area contributed by atoms with Crippen LogP contribution in [0.4, 0.5) is 0 Å². The number of hydrogen-bond donors (Lipinski definition) is 0. The van der Waals surface area contributed by atoms with Crippen LogP contribution in [0.3, 0.4) is 0 Å². The summed E-state index contributed by atoms with van der Waals surface area (Å²) in [4.78, 5) is 11.0. The molecule has 9 nitrogen and oxygen atoms in total. The fourth-order valence-corrected chi connectivity index (χ4v) is 2.79. The second-order valence-corrected chi connectivity index (χ2v) is 6.98. The molecule has 0 aliphatic heterocycles. The molecule has 0 aromatic heterocycles. The van der Waals surface area contributed by atoms with Crippen LogP contribution < -0.4 is 0 Å². The van der Waals surface area contributed by atoms with Gasteiger partial charge in [-0.2, -0.15) is 8.42 Å². The summed E-state index contributed by atoms with van der Waals surface area (Å²) < 4.78 is 54.1. The smallest absolute Gasteiger partial charge is 0.307 e. The Morgan fingerprint density at radius 2 is 1.21 bits per heavy atom. The molecule has 0 saturated carbocycles. The summed E-state index contributed by atoms with van der Waals surface area (Å²) >= 11 is 0. The van der Waals surface area contributed by atoms with E-state index in [9.17, 15) is 13.2 Å². The van der Waals surface area contributed by atoms with Gasteiger partial charge < -0.3 is 23.7 Å². The van der Waals surface area contributed by atoms with E-state index in [-0.39, 0.29) is 30.5 Å². The van der Waals surface area contributed by atoms with Crippen LogP contribution in [-0.4, -0.2) is 81.0 Å². The summed E-state index contributed by atoms with van der Waals surface area (Å²) in [5.41, 5.74) is 0. The first-order valence-electron chi connectivity index (χ1n) is 8.88. The highest BCUT2D eigenvalue weighted by atomic mass is 32.2. The number of carbonyl (C=O) groups is 1. The summed E-state index contributed by atoms with van der Waals surface area (Å²) in [6.07, 6.45) is 0.225. The Morgan fingerprint density at radius 1 is 0.750 bits per heavy atom. The lowest BCUT2D eigenvalue weighted by Gasteiger charge is -2.08. The zero-order chi connectivity index (χ0) is 20.5. The Balaban J connectivity index is 1.85. The highest BCUT2D eigenvalue weighted by Crippen LogP contribution is 2.10. The van der Waals surface area contributed by atoms with Crippen LogP contribution in [0.5, 0.6) is 0 Å². The Kier molecular flexibility index (Phi) is 13.4. The van der Waals surface area contributed by atoms with Crippen molar-refractivity contribution in [2.24, 2.45) is 0 Å². The molecular formula is C18H28O9S. The van der Waals surface area contributed by atoms with Gasteiger partial charge in [-0.25, -0.2) is 0 Å². The average molecular weight is 420 g/mol. The highest BCUT2D eigenvalue weighted by molar-refractivity contribution is 7.86. The van der Waals surface area contributed by atoms with Crippen LogP contribution in [0, 0.1) is 0 Å². The average Bonchev–Trinajstić information content (AvgIpc) is 2.71. The van der Waals surface area contributed by atoms with E-state index >= 15 is 0 Å². The molecule has 10 heteroatoms. The first kappa shape index (κ1) is 24.5. The van der Waals surface area contributed by atoms with Crippen LogP contribution in [0.15, 0.2) is 35.2 Å². The van der Waals surface area contributed by atoms with Crippen LogP contribution >= 0.6 is 0 Å². The van der Waals surface area contributed by atoms with Gasteiger partial charge in [-0.1, -0.05) is 18.2 Å². The summed E-state index contributed by atoms with van der Waals surface area (Å²) in [6.45, 7) is 2.71. The lowest BCUT2D eigenvalue weighted by molar-refractivity contribution is -0.141. The molecule has 1 aromatic rings. The quantitative estimate of drug-likeness (QED) is 0.207. The standard InChI is InChI=1S/C18H28O9S/c1-22-18(19)7-8-23-9-10-24-11-12-25-13-14-26-15-16-27-28(20,21)17-5-3-2-4-6-17/h2-6H,7-16H2,1H3. The van der Waals surface area contributed by atoms with Gasteiger partial charge in [0, 0.05) is 0 Å². The van der Waals surface area contributed by atoms with E-state index < -0.39 is 10.1 Å². The van der Waals surface area contributed by atoms with E-state index in [2.05, 4.69) is 4.74 Å². The summed E-state index contributed by atoms with van der Waals surface area (Å²) in [5.74, 6) is -0.305. The van der Waals surface area contributed by atoms with Crippen molar-refractivity contribution >= 4 is 16.1 Å². The number of carbonyl (C=O) groups excluding carboxylic acids is 1. The molecule has 0 atom stereocenters. The molecule has 0 unspecified atom stereocenters. The molecule has 0 aliphatic rings. The molecule has 0 heterocycles. The van der Waals surface area contributed by atoms with Gasteiger partial charge in [0.1, 0.15) is 0 Å². The van der Waals surface area contributed by atoms with Crippen molar-refractivity contribution in [3.8, 4) is 0 Å². The van der Waals surface area contributed by atoms with Gasteiger partial charge in [-0.05, 0) is 12.1 Å². The molecule has 160 valence electrons. The monoisotopic (exact) mass is 420 g/mol. The zero-order valence-electron chi connectivity index (χ0n) is 16.0. The molecule has 0 amide bonds. The van der Waals surface area contributed by atoms with Crippen molar-refractivity contribution in [3.05, 3.63) is 30.3 Å². The topological polar surface area (TPSA) is 107 Å². The summed E-state index contributed by atoms with van der Waals surface area (Å²) in [6, 6.07) is 7.94. The minimum absolute atomic E-state index is 0.0592. The predicted molar refractivity (Wildman–Crippen MR) is 99.5 cm³/mol. The van der Waals surface area contributed by atoms with E-state index in [1.807, 2.05) is 0 Å². The maximum absolute atomic E-state index is 11.8. The molecule has 0 spiro atoms. The van der Waals surface area contributed by atoms with Gasteiger partial charge in [0.25, 0.3) is 10.1 Å². The Labute approximate surface area is 165 Å². The van der Waals surface area contributed by atoms with Crippen molar-refractivity contribution in [2.75, 3.05) is 66.6 Å². The third-order valence-electron chi connectivity index (χ3n) is 3.29. The predicted octanol–water partition coefficient (Wildman–Crippen LogP) is 1.02. The normalized spacial score (nSPS) is 11.5. The number of hydrogen-bond acceptors (Lipinski definition) is 9. The number of esters is 1. The maximum atomic E-state index is 11.8. The third kappa shape index (κ3) is 12.0. The third-order valence-corrected chi connectivity index (χ3v) is 4.62. The summed E-state index contributed by atoms with van der Waals surface area (Å²) in [5, 5.41) is 0. The zero-order valence-corrected chi connectivity index (χ0v) is 16.9. The largest absolute Gasteiger partial charge is 0.469 e. The Bertz CT molecular complexity index is 619.